The average Bonchev–Trinajstić information content (AvgIpc) is 3.39. The number of amides is 2. The van der Waals surface area contributed by atoms with E-state index < -0.39 is 23.9 Å². The molecule has 31 heavy (non-hydrogen) atoms. The first-order valence-electron chi connectivity index (χ1n) is 8.73. The third-order valence-corrected chi connectivity index (χ3v) is 6.10. The van der Waals surface area contributed by atoms with Crippen LogP contribution in [-0.2, 0) is 7.05 Å². The van der Waals surface area contributed by atoms with Crippen molar-refractivity contribution >= 4 is 50.7 Å². The second-order valence-electron chi connectivity index (χ2n) is 6.56. The topological polar surface area (TPSA) is 132 Å². The molecular formula is C18H14ClF2N7O2S. The maximum atomic E-state index is 13.5. The molecule has 160 valence electrons. The molecule has 0 bridgehead atoms. The molecule has 2 amide bonds. The summed E-state index contributed by atoms with van der Waals surface area (Å²) in [6.45, 7) is 1.76. The van der Waals surface area contributed by atoms with Gasteiger partial charge in [-0.1, -0.05) is 11.6 Å². The van der Waals surface area contributed by atoms with Crippen molar-refractivity contribution in [3.63, 3.8) is 0 Å². The maximum absolute atomic E-state index is 13.5. The molecule has 0 fully saturated rings. The number of halogens is 3. The zero-order valence-electron chi connectivity index (χ0n) is 16.0. The van der Waals surface area contributed by atoms with Gasteiger partial charge in [0, 0.05) is 23.7 Å². The molecule has 0 radical (unpaired) electrons. The van der Waals surface area contributed by atoms with E-state index in [4.69, 9.17) is 17.3 Å². The van der Waals surface area contributed by atoms with E-state index in [0.29, 0.717) is 22.2 Å². The lowest BCUT2D eigenvalue weighted by Crippen LogP contribution is -2.17. The molecule has 0 aromatic carbocycles. The number of H-pyrrole nitrogens is 1. The molecule has 4 aromatic heterocycles. The minimum absolute atomic E-state index is 0.0345. The fraction of sp³-hybridized carbons (Fsp3) is 0.167. The predicted octanol–water partition coefficient (Wildman–Crippen LogP) is 3.67. The number of fused-ring (bicyclic) bond motifs is 1. The van der Waals surface area contributed by atoms with Gasteiger partial charge < -0.3 is 11.1 Å². The smallest absolute Gasteiger partial charge is 0.280 e. The number of hydrogen-bond donors (Lipinski definition) is 3. The van der Waals surface area contributed by atoms with Gasteiger partial charge in [0.05, 0.1) is 23.1 Å². The van der Waals surface area contributed by atoms with Crippen molar-refractivity contribution in [1.29, 1.82) is 0 Å². The van der Waals surface area contributed by atoms with E-state index in [2.05, 4.69) is 25.6 Å². The van der Waals surface area contributed by atoms with E-state index in [1.165, 1.54) is 18.5 Å². The van der Waals surface area contributed by atoms with Crippen LogP contribution in [0.2, 0.25) is 5.02 Å². The number of nitrogens with zero attached hydrogens (tertiary/aromatic N) is 4. The molecule has 9 nitrogen and oxygen atoms in total. The highest BCUT2D eigenvalue weighted by Gasteiger charge is 2.27. The Bertz CT molecular complexity index is 1340. The molecule has 0 saturated heterocycles. The first-order valence-corrected chi connectivity index (χ1v) is 9.93. The molecule has 0 unspecified atom stereocenters. The number of thiophene rings is 1. The lowest BCUT2D eigenvalue weighted by molar-refractivity contribution is 0.100. The Morgan fingerprint density at radius 3 is 2.61 bits per heavy atom. The molecule has 0 aliphatic rings. The number of anilines is 1. The van der Waals surface area contributed by atoms with Gasteiger partial charge in [-0.2, -0.15) is 10.2 Å². The van der Waals surface area contributed by atoms with Gasteiger partial charge in [-0.3, -0.25) is 19.4 Å². The summed E-state index contributed by atoms with van der Waals surface area (Å²) in [5.74, 6) is -1.53. The number of carbonyl (C=O) groups is 2. The number of nitrogens with two attached hydrogens (primary N) is 1. The highest BCUT2D eigenvalue weighted by atomic mass is 35.5. The molecule has 0 spiro atoms. The molecular weight excluding hydrogens is 452 g/mol. The van der Waals surface area contributed by atoms with Crippen LogP contribution >= 0.6 is 22.9 Å². The Morgan fingerprint density at radius 1 is 1.32 bits per heavy atom. The van der Waals surface area contributed by atoms with Gasteiger partial charge in [0.1, 0.15) is 21.1 Å². The van der Waals surface area contributed by atoms with Gasteiger partial charge >= 0.3 is 0 Å². The molecule has 4 rings (SSSR count). The average molecular weight is 466 g/mol. The Morgan fingerprint density at radius 2 is 2.06 bits per heavy atom. The summed E-state index contributed by atoms with van der Waals surface area (Å²) in [5.41, 5.74) is 6.61. The van der Waals surface area contributed by atoms with Crippen LogP contribution in [0, 0.1) is 6.92 Å². The highest BCUT2D eigenvalue weighted by Crippen LogP contribution is 2.43. The molecule has 13 heteroatoms. The van der Waals surface area contributed by atoms with Gasteiger partial charge in [-0.25, -0.2) is 13.8 Å². The summed E-state index contributed by atoms with van der Waals surface area (Å²) in [6, 6.07) is 1.22. The Labute approximate surface area is 182 Å². The number of aromatic nitrogens is 5. The maximum Gasteiger partial charge on any atom is 0.280 e. The zero-order chi connectivity index (χ0) is 22.4. The van der Waals surface area contributed by atoms with Crippen LogP contribution in [0.1, 0.15) is 38.0 Å². The normalized spacial score (nSPS) is 11.4. The van der Waals surface area contributed by atoms with Crippen molar-refractivity contribution in [3.8, 4) is 11.1 Å². The van der Waals surface area contributed by atoms with Crippen molar-refractivity contribution in [3.05, 3.63) is 45.4 Å². The first-order chi connectivity index (χ1) is 14.7. The van der Waals surface area contributed by atoms with E-state index in [1.807, 2.05) is 0 Å². The van der Waals surface area contributed by atoms with Crippen molar-refractivity contribution in [2.75, 3.05) is 5.32 Å². The van der Waals surface area contributed by atoms with Crippen LogP contribution in [0.15, 0.2) is 18.5 Å². The van der Waals surface area contributed by atoms with E-state index in [9.17, 15) is 18.4 Å². The van der Waals surface area contributed by atoms with Crippen LogP contribution in [0.25, 0.3) is 21.3 Å². The number of carbonyl (C=O) groups excluding carboxylic acids is 2. The summed E-state index contributed by atoms with van der Waals surface area (Å²) in [5, 5.41) is 13.3. The second-order valence-corrected chi connectivity index (χ2v) is 7.97. The molecule has 0 saturated carbocycles. The van der Waals surface area contributed by atoms with Gasteiger partial charge in [0.25, 0.3) is 18.2 Å². The van der Waals surface area contributed by atoms with Gasteiger partial charge in [0.2, 0.25) is 0 Å². The van der Waals surface area contributed by atoms with Crippen molar-refractivity contribution in [1.82, 2.24) is 25.0 Å². The Balaban J connectivity index is 2.01. The summed E-state index contributed by atoms with van der Waals surface area (Å²) in [4.78, 5) is 28.9. The van der Waals surface area contributed by atoms with Gasteiger partial charge in [-0.05, 0) is 18.6 Å². The minimum atomic E-state index is -2.85. The number of aromatic amines is 1. The van der Waals surface area contributed by atoms with Crippen molar-refractivity contribution in [2.45, 2.75) is 13.3 Å². The number of rotatable bonds is 5. The van der Waals surface area contributed by atoms with E-state index >= 15 is 0 Å². The van der Waals surface area contributed by atoms with Crippen LogP contribution < -0.4 is 11.1 Å². The summed E-state index contributed by atoms with van der Waals surface area (Å²) < 4.78 is 28.7. The fourth-order valence-electron chi connectivity index (χ4n) is 3.10. The standard InChI is InChI=1S/C18H14ClF2N7O2S/c1-6-8(4-24-28(6)2)7-3-10(15(20)21)25-18-11(7)13(14(31-18)16(22)29)26-17(30)12-9(19)5-23-27-12/h3-5,15H,1-2H3,(H2,22,29)(H,23,27)(H,26,30). The van der Waals surface area contributed by atoms with E-state index in [0.717, 1.165) is 11.3 Å². The van der Waals surface area contributed by atoms with Crippen LogP contribution in [-0.4, -0.2) is 36.8 Å². The minimum Gasteiger partial charge on any atom is -0.365 e. The SMILES string of the molecule is Cc1c(-c2cc(C(F)F)nc3sc(C(N)=O)c(NC(=O)c4[nH]ncc4Cl)c23)cnn1C. The fourth-order valence-corrected chi connectivity index (χ4v) is 4.30. The third kappa shape index (κ3) is 3.53. The third-order valence-electron chi connectivity index (χ3n) is 4.71. The van der Waals surface area contributed by atoms with Crippen LogP contribution in [0.3, 0.4) is 0 Å². The molecule has 4 heterocycles. The summed E-state index contributed by atoms with van der Waals surface area (Å²) >= 11 is 6.76. The molecule has 0 aliphatic heterocycles. The highest BCUT2D eigenvalue weighted by molar-refractivity contribution is 7.21. The van der Waals surface area contributed by atoms with Gasteiger partial charge in [-0.15, -0.1) is 11.3 Å². The van der Waals surface area contributed by atoms with E-state index in [1.54, 1.807) is 18.7 Å². The Kier molecular flexibility index (Phi) is 5.19. The van der Waals surface area contributed by atoms with E-state index in [-0.39, 0.29) is 26.1 Å². The number of hydrogen-bond acceptors (Lipinski definition) is 6. The molecule has 4 aromatic rings. The number of nitrogens with one attached hydrogen (secondary N) is 2. The lowest BCUT2D eigenvalue weighted by Gasteiger charge is -2.10. The zero-order valence-corrected chi connectivity index (χ0v) is 17.6. The molecule has 4 N–H and O–H groups in total. The Hall–Kier alpha value is -3.38. The molecule has 0 atom stereocenters. The van der Waals surface area contributed by atoms with Crippen LogP contribution in [0.4, 0.5) is 14.5 Å². The number of primary amides is 1. The summed E-state index contributed by atoms with van der Waals surface area (Å²) in [7, 11) is 1.70. The number of aryl methyl sites for hydroxylation is 1. The number of pyridine rings is 1. The second kappa shape index (κ2) is 7.71. The first kappa shape index (κ1) is 20.9. The number of alkyl halides is 2. The van der Waals surface area contributed by atoms with Crippen molar-refractivity contribution in [2.24, 2.45) is 12.8 Å². The predicted molar refractivity (Wildman–Crippen MR) is 112 cm³/mol. The monoisotopic (exact) mass is 465 g/mol. The van der Waals surface area contributed by atoms with Crippen molar-refractivity contribution < 1.29 is 18.4 Å². The van der Waals surface area contributed by atoms with Gasteiger partial charge in [0.15, 0.2) is 0 Å². The van der Waals surface area contributed by atoms with Crippen LogP contribution in [0.5, 0.6) is 0 Å². The molecule has 0 aliphatic carbocycles. The quantitative estimate of drug-likeness (QED) is 0.413. The summed E-state index contributed by atoms with van der Waals surface area (Å²) in [6.07, 6.45) is -0.0859. The largest absolute Gasteiger partial charge is 0.365 e. The lowest BCUT2D eigenvalue weighted by atomic mass is 10.0.